The van der Waals surface area contributed by atoms with Gasteiger partial charge in [-0.1, -0.05) is 47.5 Å². The van der Waals surface area contributed by atoms with Gasteiger partial charge in [0.05, 0.1) is 29.0 Å². The zero-order valence-electron chi connectivity index (χ0n) is 14.0. The highest BCUT2D eigenvalue weighted by molar-refractivity contribution is 6.35. The molecule has 2 N–H and O–H groups in total. The number of aromatic nitrogens is 1. The highest BCUT2D eigenvalue weighted by Crippen LogP contribution is 2.40. The summed E-state index contributed by atoms with van der Waals surface area (Å²) in [5.74, 6) is -0.112. The van der Waals surface area contributed by atoms with Gasteiger partial charge in [-0.3, -0.25) is 4.79 Å². The number of rotatable bonds is 2. The van der Waals surface area contributed by atoms with Crippen LogP contribution in [0.15, 0.2) is 60.3 Å². The Kier molecular flexibility index (Phi) is 3.54. The maximum absolute atomic E-state index is 12.8. The quantitative estimate of drug-likeness (QED) is 0.650. The lowest BCUT2D eigenvalue weighted by Gasteiger charge is -2.19. The summed E-state index contributed by atoms with van der Waals surface area (Å²) >= 11 is 12.6. The van der Waals surface area contributed by atoms with Crippen LogP contribution in [0.3, 0.4) is 0 Å². The minimum atomic E-state index is -0.112. The van der Waals surface area contributed by atoms with E-state index in [9.17, 15) is 4.79 Å². The van der Waals surface area contributed by atoms with E-state index in [1.54, 1.807) is 17.0 Å². The molecule has 0 radical (unpaired) electrons. The average Bonchev–Trinajstić information content (AvgIpc) is 2.92. The number of nitrogen functional groups attached to an aromatic ring is 1. The topological polar surface area (TPSA) is 59.2 Å². The van der Waals surface area contributed by atoms with Gasteiger partial charge in [-0.15, -0.1) is 0 Å². The van der Waals surface area contributed by atoms with Crippen molar-refractivity contribution in [3.63, 3.8) is 0 Å². The van der Waals surface area contributed by atoms with Crippen molar-refractivity contribution in [2.45, 2.75) is 6.54 Å². The van der Waals surface area contributed by atoms with Crippen LogP contribution in [0.1, 0.15) is 16.1 Å². The third kappa shape index (κ3) is 2.37. The highest BCUT2D eigenvalue weighted by Gasteiger charge is 2.34. The normalized spacial score (nSPS) is 15.1. The van der Waals surface area contributed by atoms with Crippen LogP contribution in [-0.4, -0.2) is 15.8 Å². The summed E-state index contributed by atoms with van der Waals surface area (Å²) in [7, 11) is 0. The number of carbonyl (C=O) groups is 1. The van der Waals surface area contributed by atoms with Gasteiger partial charge >= 0.3 is 0 Å². The summed E-state index contributed by atoms with van der Waals surface area (Å²) in [5.41, 5.74) is 11.2. The van der Waals surface area contributed by atoms with E-state index in [-0.39, 0.29) is 5.91 Å². The van der Waals surface area contributed by atoms with E-state index >= 15 is 0 Å². The number of amides is 1. The predicted molar refractivity (Wildman–Crippen MR) is 109 cm³/mol. The summed E-state index contributed by atoms with van der Waals surface area (Å²) in [4.78, 5) is 19.3. The Labute approximate surface area is 165 Å². The van der Waals surface area contributed by atoms with Crippen LogP contribution in [0.25, 0.3) is 22.0 Å². The standard InChI is InChI=1S/C21H13Cl2N3O/c22-11-7-8-16(23)15(9-11)13-5-2-6-14-19(24)18-17(25-20(13)14)10-26(21(18)27)12-3-1-4-12/h1-9H,10H2,(H2,24,25). The Morgan fingerprint density at radius 2 is 1.93 bits per heavy atom. The molecule has 0 unspecified atom stereocenters. The van der Waals surface area contributed by atoms with Crippen LogP contribution in [0.4, 0.5) is 5.69 Å². The lowest BCUT2D eigenvalue weighted by Crippen LogP contribution is -2.24. The van der Waals surface area contributed by atoms with Gasteiger partial charge in [-0.25, -0.2) is 4.98 Å². The van der Waals surface area contributed by atoms with Gasteiger partial charge in [-0.2, -0.15) is 0 Å². The molecule has 2 aromatic carbocycles. The number of allylic oxidation sites excluding steroid dienone is 3. The first-order chi connectivity index (χ1) is 13.0. The summed E-state index contributed by atoms with van der Waals surface area (Å²) in [6.07, 6.45) is 5.70. The molecule has 132 valence electrons. The first-order valence-corrected chi connectivity index (χ1v) is 9.17. The molecule has 1 amide bonds. The molecular weight excluding hydrogens is 381 g/mol. The van der Waals surface area contributed by atoms with Crippen LogP contribution in [-0.2, 0) is 6.54 Å². The van der Waals surface area contributed by atoms with Gasteiger partial charge in [0.2, 0.25) is 0 Å². The first-order valence-electron chi connectivity index (χ1n) is 8.41. The smallest absolute Gasteiger partial charge is 0.262 e. The van der Waals surface area contributed by atoms with Crippen molar-refractivity contribution in [3.8, 4) is 11.1 Å². The van der Waals surface area contributed by atoms with Gasteiger partial charge in [0, 0.05) is 32.3 Å². The molecule has 27 heavy (non-hydrogen) atoms. The van der Waals surface area contributed by atoms with Crippen LogP contribution in [0.2, 0.25) is 10.0 Å². The van der Waals surface area contributed by atoms with Gasteiger partial charge < -0.3 is 10.6 Å². The van der Waals surface area contributed by atoms with E-state index in [0.717, 1.165) is 22.2 Å². The molecular formula is C21H13Cl2N3O. The minimum absolute atomic E-state index is 0.112. The van der Waals surface area contributed by atoms with E-state index in [1.165, 1.54) is 0 Å². The van der Waals surface area contributed by atoms with Crippen molar-refractivity contribution < 1.29 is 4.79 Å². The number of halogens is 2. The monoisotopic (exact) mass is 393 g/mol. The van der Waals surface area contributed by atoms with Gasteiger partial charge in [0.25, 0.3) is 5.91 Å². The third-order valence-electron chi connectivity index (χ3n) is 4.96. The van der Waals surface area contributed by atoms with Crippen molar-refractivity contribution in [1.82, 2.24) is 9.88 Å². The lowest BCUT2D eigenvalue weighted by molar-refractivity contribution is 0.0831. The molecule has 4 nitrogen and oxygen atoms in total. The molecule has 1 aromatic heterocycles. The largest absolute Gasteiger partial charge is 0.397 e. The van der Waals surface area contributed by atoms with Gasteiger partial charge in [-0.05, 0) is 30.4 Å². The van der Waals surface area contributed by atoms with Crippen molar-refractivity contribution in [2.75, 3.05) is 5.73 Å². The van der Waals surface area contributed by atoms with Crippen molar-refractivity contribution in [3.05, 3.63) is 81.6 Å². The molecule has 3 aromatic rings. The van der Waals surface area contributed by atoms with Crippen LogP contribution >= 0.6 is 23.2 Å². The van der Waals surface area contributed by atoms with Gasteiger partial charge in [0.15, 0.2) is 0 Å². The number of hydrogen-bond acceptors (Lipinski definition) is 3. The van der Waals surface area contributed by atoms with Crippen molar-refractivity contribution >= 4 is 45.7 Å². The fraction of sp³-hybridized carbons (Fsp3) is 0.0476. The molecule has 1 aliphatic carbocycles. The van der Waals surface area contributed by atoms with Crippen LogP contribution < -0.4 is 5.73 Å². The summed E-state index contributed by atoms with van der Waals surface area (Å²) < 4.78 is 0. The molecule has 1 aliphatic heterocycles. The van der Waals surface area contributed by atoms with E-state index in [1.807, 2.05) is 42.5 Å². The zero-order valence-corrected chi connectivity index (χ0v) is 15.6. The summed E-state index contributed by atoms with van der Waals surface area (Å²) in [6.45, 7) is 0.405. The average molecular weight is 394 g/mol. The molecule has 0 atom stereocenters. The zero-order chi connectivity index (χ0) is 18.7. The fourth-order valence-electron chi connectivity index (χ4n) is 3.56. The Morgan fingerprint density at radius 3 is 2.67 bits per heavy atom. The van der Waals surface area contributed by atoms with E-state index in [2.05, 4.69) is 0 Å². The third-order valence-corrected chi connectivity index (χ3v) is 5.53. The number of para-hydroxylation sites is 1. The highest BCUT2D eigenvalue weighted by atomic mass is 35.5. The number of hydrogen-bond donors (Lipinski definition) is 1. The second kappa shape index (κ2) is 5.84. The maximum Gasteiger partial charge on any atom is 0.262 e. The Bertz CT molecular complexity index is 1210. The number of pyridine rings is 1. The summed E-state index contributed by atoms with van der Waals surface area (Å²) in [6, 6.07) is 11.0. The summed E-state index contributed by atoms with van der Waals surface area (Å²) in [5, 5.41) is 1.90. The number of nitrogens with zero attached hydrogens (tertiary/aromatic N) is 2. The number of fused-ring (bicyclic) bond motifs is 2. The Morgan fingerprint density at radius 1 is 1.11 bits per heavy atom. The molecule has 6 heteroatoms. The molecule has 0 spiro atoms. The Balaban J connectivity index is 1.75. The number of anilines is 1. The van der Waals surface area contributed by atoms with Crippen molar-refractivity contribution in [2.24, 2.45) is 0 Å². The number of nitrogens with two attached hydrogens (primary N) is 1. The second-order valence-corrected chi connectivity index (χ2v) is 7.36. The maximum atomic E-state index is 12.8. The van der Waals surface area contributed by atoms with Crippen molar-refractivity contribution in [1.29, 1.82) is 0 Å². The number of carbonyl (C=O) groups excluding carboxylic acids is 1. The first kappa shape index (κ1) is 16.4. The van der Waals surface area contributed by atoms with Gasteiger partial charge in [0.1, 0.15) is 0 Å². The number of benzene rings is 2. The second-order valence-electron chi connectivity index (χ2n) is 6.52. The Hall–Kier alpha value is -2.82. The molecule has 0 fully saturated rings. The van der Waals surface area contributed by atoms with E-state index in [0.29, 0.717) is 39.1 Å². The molecule has 5 rings (SSSR count). The van der Waals surface area contributed by atoms with Crippen LogP contribution in [0, 0.1) is 0 Å². The SMILES string of the molecule is Nc1c2c(nc3c(-c4cc(Cl)ccc4Cl)cccc13)CN(C1=CC=C1)C2=O. The molecule has 0 saturated carbocycles. The van der Waals surface area contributed by atoms with Crippen LogP contribution in [0.5, 0.6) is 0 Å². The fourth-order valence-corrected chi connectivity index (χ4v) is 3.96. The lowest BCUT2D eigenvalue weighted by atomic mass is 9.99. The minimum Gasteiger partial charge on any atom is -0.397 e. The molecule has 0 saturated heterocycles. The molecule has 2 aliphatic rings. The molecule has 0 bridgehead atoms. The predicted octanol–water partition coefficient (Wildman–Crippen LogP) is 5.20. The van der Waals surface area contributed by atoms with E-state index < -0.39 is 0 Å². The molecule has 2 heterocycles. The van der Waals surface area contributed by atoms with E-state index in [4.69, 9.17) is 33.9 Å².